The molecule has 0 aliphatic rings. The third kappa shape index (κ3) is 6.70. The van der Waals surface area contributed by atoms with E-state index in [4.69, 9.17) is 0 Å². The number of amides is 2. The van der Waals surface area contributed by atoms with Gasteiger partial charge in [-0.3, -0.25) is 9.59 Å². The van der Waals surface area contributed by atoms with Crippen molar-refractivity contribution >= 4 is 23.2 Å². The van der Waals surface area contributed by atoms with Crippen LogP contribution in [0.3, 0.4) is 0 Å². The Kier molecular flexibility index (Phi) is 6.81. The van der Waals surface area contributed by atoms with Crippen molar-refractivity contribution < 1.29 is 27.5 Å². The number of alkyl halides is 3. The van der Waals surface area contributed by atoms with E-state index in [0.717, 1.165) is 17.7 Å². The number of carbonyl (C=O) groups is 2. The first-order valence-corrected chi connectivity index (χ1v) is 10.4. The Balaban J connectivity index is 1.39. The fourth-order valence-corrected chi connectivity index (χ4v) is 3.25. The molecule has 1 heterocycles. The number of nitrogens with one attached hydrogen (secondary N) is 2. The summed E-state index contributed by atoms with van der Waals surface area (Å²) in [6.07, 6.45) is -1.44. The number of rotatable bonds is 7. The van der Waals surface area contributed by atoms with E-state index in [1.807, 2.05) is 30.3 Å². The van der Waals surface area contributed by atoms with E-state index >= 15 is 0 Å². The number of anilines is 2. The zero-order valence-corrected chi connectivity index (χ0v) is 18.1. The molecule has 2 amide bonds. The van der Waals surface area contributed by atoms with Crippen molar-refractivity contribution in [3.8, 4) is 11.4 Å². The summed E-state index contributed by atoms with van der Waals surface area (Å²) < 4.78 is 42.2. The fraction of sp³-hybridized carbons (Fsp3) is 0.0800. The van der Waals surface area contributed by atoms with Gasteiger partial charge in [0.05, 0.1) is 30.2 Å². The largest absolute Gasteiger partial charge is 0.573 e. The number of benzene rings is 3. The number of carbonyl (C=O) groups excluding carboxylic acids is 2. The maximum atomic E-state index is 12.6. The Morgan fingerprint density at radius 2 is 1.63 bits per heavy atom. The maximum Gasteiger partial charge on any atom is 0.573 e. The minimum atomic E-state index is -4.79. The van der Waals surface area contributed by atoms with Gasteiger partial charge in [-0.25, -0.2) is 4.68 Å². The number of nitrogens with zero attached hydrogens (tertiary/aromatic N) is 2. The van der Waals surface area contributed by atoms with Crippen LogP contribution in [0.2, 0.25) is 0 Å². The molecule has 0 spiro atoms. The normalized spacial score (nSPS) is 11.1. The molecule has 7 nitrogen and oxygen atoms in total. The second kappa shape index (κ2) is 10.1. The van der Waals surface area contributed by atoms with Gasteiger partial charge < -0.3 is 15.4 Å². The Bertz CT molecular complexity index is 1320. The predicted octanol–water partition coefficient (Wildman–Crippen LogP) is 5.20. The van der Waals surface area contributed by atoms with Crippen LogP contribution in [0.1, 0.15) is 15.9 Å². The van der Waals surface area contributed by atoms with Crippen LogP contribution in [0.25, 0.3) is 5.69 Å². The van der Waals surface area contributed by atoms with E-state index in [9.17, 15) is 22.8 Å². The highest BCUT2D eigenvalue weighted by atomic mass is 19.4. The molecule has 0 bridgehead atoms. The van der Waals surface area contributed by atoms with Crippen LogP contribution in [0.15, 0.2) is 91.3 Å². The highest BCUT2D eigenvalue weighted by Gasteiger charge is 2.31. The number of hydrogen-bond acceptors (Lipinski definition) is 4. The first-order valence-electron chi connectivity index (χ1n) is 10.4. The SMILES string of the molecule is O=C(Cc1ccccc1)Nc1cnn(-c2cccc(C(=O)Nc3ccc(OC(F)(F)F)cc3)c2)c1. The highest BCUT2D eigenvalue weighted by molar-refractivity contribution is 6.04. The van der Waals surface area contributed by atoms with Crippen molar-refractivity contribution in [2.45, 2.75) is 12.8 Å². The Morgan fingerprint density at radius 1 is 0.886 bits per heavy atom. The third-order valence-corrected chi connectivity index (χ3v) is 4.79. The summed E-state index contributed by atoms with van der Waals surface area (Å²) in [5.74, 6) is -1.03. The molecule has 0 radical (unpaired) electrons. The zero-order valence-electron chi connectivity index (χ0n) is 18.1. The second-order valence-electron chi connectivity index (χ2n) is 7.46. The minimum Gasteiger partial charge on any atom is -0.406 e. The van der Waals surface area contributed by atoms with Crippen molar-refractivity contribution in [1.29, 1.82) is 0 Å². The molecule has 3 aromatic carbocycles. The molecule has 1 aromatic heterocycles. The van der Waals surface area contributed by atoms with E-state index < -0.39 is 12.3 Å². The van der Waals surface area contributed by atoms with Gasteiger partial charge in [0.2, 0.25) is 5.91 Å². The fourth-order valence-electron chi connectivity index (χ4n) is 3.25. The molecule has 0 saturated carbocycles. The van der Waals surface area contributed by atoms with E-state index in [-0.39, 0.29) is 18.1 Å². The summed E-state index contributed by atoms with van der Waals surface area (Å²) in [5.41, 5.74) is 2.58. The molecule has 0 aliphatic carbocycles. The molecule has 0 aliphatic heterocycles. The van der Waals surface area contributed by atoms with Gasteiger partial charge in [0.15, 0.2) is 0 Å². The lowest BCUT2D eigenvalue weighted by Crippen LogP contribution is -2.17. The number of halogens is 3. The van der Waals surface area contributed by atoms with Crippen LogP contribution < -0.4 is 15.4 Å². The summed E-state index contributed by atoms with van der Waals surface area (Å²) in [6.45, 7) is 0. The Hall–Kier alpha value is -4.60. The summed E-state index contributed by atoms with van der Waals surface area (Å²) in [7, 11) is 0. The van der Waals surface area contributed by atoms with Gasteiger partial charge in [-0.15, -0.1) is 13.2 Å². The zero-order chi connectivity index (χ0) is 24.8. The van der Waals surface area contributed by atoms with E-state index in [0.29, 0.717) is 22.6 Å². The van der Waals surface area contributed by atoms with Gasteiger partial charge in [0.1, 0.15) is 5.75 Å². The standard InChI is InChI=1S/C25H19F3N4O3/c26-25(27,28)35-22-11-9-19(10-12-22)31-24(34)18-7-4-8-21(14-18)32-16-20(15-29-32)30-23(33)13-17-5-2-1-3-6-17/h1-12,14-16H,13H2,(H,30,33)(H,31,34). The van der Waals surface area contributed by atoms with Crippen LogP contribution in [-0.2, 0) is 11.2 Å². The first kappa shape index (κ1) is 23.6. The Morgan fingerprint density at radius 3 is 2.34 bits per heavy atom. The van der Waals surface area contributed by atoms with Crippen LogP contribution in [0.5, 0.6) is 5.75 Å². The van der Waals surface area contributed by atoms with Crippen LogP contribution in [0, 0.1) is 0 Å². The average molecular weight is 480 g/mol. The van der Waals surface area contributed by atoms with Gasteiger partial charge in [-0.2, -0.15) is 5.10 Å². The van der Waals surface area contributed by atoms with Crippen LogP contribution >= 0.6 is 0 Å². The predicted molar refractivity (Wildman–Crippen MR) is 123 cm³/mol. The third-order valence-electron chi connectivity index (χ3n) is 4.79. The van der Waals surface area contributed by atoms with Crippen molar-refractivity contribution in [1.82, 2.24) is 9.78 Å². The molecule has 0 fully saturated rings. The second-order valence-corrected chi connectivity index (χ2v) is 7.46. The van der Waals surface area contributed by atoms with Gasteiger partial charge in [0, 0.05) is 11.3 Å². The van der Waals surface area contributed by atoms with Gasteiger partial charge in [0.25, 0.3) is 5.91 Å². The summed E-state index contributed by atoms with van der Waals surface area (Å²) in [5, 5.41) is 9.64. The molecule has 178 valence electrons. The summed E-state index contributed by atoms with van der Waals surface area (Å²) in [6, 6.07) is 20.8. The van der Waals surface area contributed by atoms with E-state index in [2.05, 4.69) is 20.5 Å². The van der Waals surface area contributed by atoms with Crippen molar-refractivity contribution in [2.75, 3.05) is 10.6 Å². The molecule has 4 rings (SSSR count). The quantitative estimate of drug-likeness (QED) is 0.381. The molecule has 10 heteroatoms. The smallest absolute Gasteiger partial charge is 0.406 e. The lowest BCUT2D eigenvalue weighted by atomic mass is 10.1. The molecule has 4 aromatic rings. The minimum absolute atomic E-state index is 0.185. The molecule has 0 atom stereocenters. The number of aromatic nitrogens is 2. The van der Waals surface area contributed by atoms with Gasteiger partial charge >= 0.3 is 6.36 Å². The van der Waals surface area contributed by atoms with Crippen molar-refractivity contribution in [3.63, 3.8) is 0 Å². The van der Waals surface area contributed by atoms with Crippen LogP contribution in [-0.4, -0.2) is 28.0 Å². The van der Waals surface area contributed by atoms with E-state index in [1.165, 1.54) is 23.0 Å². The van der Waals surface area contributed by atoms with Crippen LogP contribution in [0.4, 0.5) is 24.5 Å². The Labute approximate surface area is 198 Å². The molecular formula is C25H19F3N4O3. The summed E-state index contributed by atoms with van der Waals surface area (Å²) in [4.78, 5) is 24.9. The van der Waals surface area contributed by atoms with E-state index in [1.54, 1.807) is 30.5 Å². The molecular weight excluding hydrogens is 461 g/mol. The lowest BCUT2D eigenvalue weighted by molar-refractivity contribution is -0.274. The maximum absolute atomic E-state index is 12.6. The number of hydrogen-bond donors (Lipinski definition) is 2. The van der Waals surface area contributed by atoms with Crippen molar-refractivity contribution in [3.05, 3.63) is 102 Å². The number of ether oxygens (including phenoxy) is 1. The molecule has 0 unspecified atom stereocenters. The van der Waals surface area contributed by atoms with Gasteiger partial charge in [-0.05, 0) is 48.0 Å². The van der Waals surface area contributed by atoms with Crippen molar-refractivity contribution in [2.24, 2.45) is 0 Å². The first-order chi connectivity index (χ1) is 16.7. The highest BCUT2D eigenvalue weighted by Crippen LogP contribution is 2.24. The molecule has 35 heavy (non-hydrogen) atoms. The molecule has 2 N–H and O–H groups in total. The monoisotopic (exact) mass is 480 g/mol. The topological polar surface area (TPSA) is 85.2 Å². The average Bonchev–Trinajstić information content (AvgIpc) is 3.28. The van der Waals surface area contributed by atoms with Gasteiger partial charge in [-0.1, -0.05) is 36.4 Å². The lowest BCUT2D eigenvalue weighted by Gasteiger charge is -2.10. The summed E-state index contributed by atoms with van der Waals surface area (Å²) >= 11 is 0. The molecule has 0 saturated heterocycles.